The summed E-state index contributed by atoms with van der Waals surface area (Å²) in [6.45, 7) is 0. The molecule has 28 heavy (non-hydrogen) atoms. The molecule has 8 nitrogen and oxygen atoms in total. The molecule has 9 heteroatoms. The van der Waals surface area contributed by atoms with Crippen molar-refractivity contribution in [3.05, 3.63) is 74.3 Å². The zero-order valence-corrected chi connectivity index (χ0v) is 14.4. The Labute approximate surface area is 157 Å². The van der Waals surface area contributed by atoms with Crippen molar-refractivity contribution >= 4 is 33.9 Å². The number of pyridine rings is 1. The Morgan fingerprint density at radius 3 is 2.54 bits per heavy atom. The Morgan fingerprint density at radius 1 is 1.29 bits per heavy atom. The third-order valence-corrected chi connectivity index (χ3v) is 4.64. The van der Waals surface area contributed by atoms with E-state index in [2.05, 4.69) is 5.32 Å². The zero-order chi connectivity index (χ0) is 20.0. The smallest absolute Gasteiger partial charge is 0.341 e. The van der Waals surface area contributed by atoms with Gasteiger partial charge < -0.3 is 15.0 Å². The van der Waals surface area contributed by atoms with Gasteiger partial charge in [-0.05, 0) is 31.0 Å². The predicted molar refractivity (Wildman–Crippen MR) is 99.8 cm³/mol. The van der Waals surface area contributed by atoms with Crippen molar-refractivity contribution in [1.82, 2.24) is 4.57 Å². The van der Waals surface area contributed by atoms with Gasteiger partial charge in [0.1, 0.15) is 11.1 Å². The van der Waals surface area contributed by atoms with Crippen molar-refractivity contribution in [3.8, 4) is 0 Å². The molecule has 1 saturated carbocycles. The maximum Gasteiger partial charge on any atom is 0.341 e. The van der Waals surface area contributed by atoms with Crippen LogP contribution in [0.3, 0.4) is 0 Å². The number of carboxylic acid groups (broad SMARTS) is 1. The standard InChI is InChI=1S/C19H14FN3O5/c20-14-8-12-16(22(11-6-7-11)9-13(18(12)24)19(25)26)17(23(27)28)15(14)21-10-4-2-1-3-5-10/h1-5,8-9,11,21H,6-7H2,(H,25,26). The van der Waals surface area contributed by atoms with Gasteiger partial charge in [-0.3, -0.25) is 14.9 Å². The summed E-state index contributed by atoms with van der Waals surface area (Å²) in [6.07, 6.45) is 2.49. The van der Waals surface area contributed by atoms with Gasteiger partial charge in [-0.25, -0.2) is 9.18 Å². The number of anilines is 2. The summed E-state index contributed by atoms with van der Waals surface area (Å²) in [7, 11) is 0. The number of aromatic carboxylic acids is 1. The highest BCUT2D eigenvalue weighted by atomic mass is 19.1. The van der Waals surface area contributed by atoms with Crippen molar-refractivity contribution in [2.75, 3.05) is 5.32 Å². The molecule has 1 aliphatic carbocycles. The largest absolute Gasteiger partial charge is 0.477 e. The van der Waals surface area contributed by atoms with E-state index in [9.17, 15) is 29.2 Å². The molecule has 0 unspecified atom stereocenters. The van der Waals surface area contributed by atoms with E-state index in [0.717, 1.165) is 12.3 Å². The molecule has 0 spiro atoms. The van der Waals surface area contributed by atoms with Crippen molar-refractivity contribution in [2.45, 2.75) is 18.9 Å². The van der Waals surface area contributed by atoms with Crippen LogP contribution in [-0.4, -0.2) is 20.6 Å². The van der Waals surface area contributed by atoms with E-state index in [1.54, 1.807) is 30.3 Å². The summed E-state index contributed by atoms with van der Waals surface area (Å²) in [4.78, 5) is 35.1. The number of nitro groups is 1. The fourth-order valence-corrected chi connectivity index (χ4v) is 3.22. The molecule has 1 aliphatic rings. The summed E-state index contributed by atoms with van der Waals surface area (Å²) < 4.78 is 16.2. The van der Waals surface area contributed by atoms with Crippen LogP contribution < -0.4 is 10.7 Å². The minimum absolute atomic E-state index is 0.0812. The molecule has 1 heterocycles. The number of hydrogen-bond donors (Lipinski definition) is 2. The summed E-state index contributed by atoms with van der Waals surface area (Å²) in [5.41, 5.74) is -2.11. The van der Waals surface area contributed by atoms with E-state index in [1.165, 1.54) is 4.57 Å². The molecular formula is C19H14FN3O5. The van der Waals surface area contributed by atoms with Crippen LogP contribution in [0.4, 0.5) is 21.5 Å². The number of nitrogens with zero attached hydrogens (tertiary/aromatic N) is 2. The molecule has 0 aliphatic heterocycles. The summed E-state index contributed by atoms with van der Waals surface area (Å²) in [5.74, 6) is -2.47. The second-order valence-electron chi connectivity index (χ2n) is 6.54. The third-order valence-electron chi connectivity index (χ3n) is 4.64. The lowest BCUT2D eigenvalue weighted by atomic mass is 10.1. The molecule has 142 valence electrons. The van der Waals surface area contributed by atoms with E-state index < -0.39 is 33.4 Å². The number of carboxylic acids is 1. The fraction of sp³-hybridized carbons (Fsp3) is 0.158. The van der Waals surface area contributed by atoms with Crippen LogP contribution in [0.15, 0.2) is 47.4 Å². The van der Waals surface area contributed by atoms with E-state index in [0.29, 0.717) is 18.5 Å². The van der Waals surface area contributed by atoms with Crippen LogP contribution in [0, 0.1) is 15.9 Å². The van der Waals surface area contributed by atoms with Crippen molar-refractivity contribution in [2.24, 2.45) is 0 Å². The van der Waals surface area contributed by atoms with Gasteiger partial charge in [0.05, 0.1) is 10.3 Å². The number of rotatable bonds is 5. The number of nitro benzene ring substituents is 1. The number of fused-ring (bicyclic) bond motifs is 1. The van der Waals surface area contributed by atoms with E-state index in [1.807, 2.05) is 0 Å². The highest BCUT2D eigenvalue weighted by Gasteiger charge is 2.33. The summed E-state index contributed by atoms with van der Waals surface area (Å²) >= 11 is 0. The Hall–Kier alpha value is -3.75. The number of aromatic nitrogens is 1. The van der Waals surface area contributed by atoms with Gasteiger partial charge in [0.15, 0.2) is 11.5 Å². The van der Waals surface area contributed by atoms with Crippen molar-refractivity contribution in [3.63, 3.8) is 0 Å². The molecule has 2 N–H and O–H groups in total. The predicted octanol–water partition coefficient (Wildman–Crippen LogP) is 3.83. The first-order valence-corrected chi connectivity index (χ1v) is 8.49. The first-order chi connectivity index (χ1) is 13.4. The highest BCUT2D eigenvalue weighted by Crippen LogP contribution is 2.42. The van der Waals surface area contributed by atoms with Gasteiger partial charge in [-0.2, -0.15) is 0 Å². The molecule has 4 rings (SSSR count). The van der Waals surface area contributed by atoms with Crippen molar-refractivity contribution < 1.29 is 19.2 Å². The molecule has 0 radical (unpaired) electrons. The molecule has 1 fully saturated rings. The summed E-state index contributed by atoms with van der Waals surface area (Å²) in [6, 6.07) is 9.05. The lowest BCUT2D eigenvalue weighted by Crippen LogP contribution is -2.20. The number of carbonyl (C=O) groups is 1. The van der Waals surface area contributed by atoms with Crippen LogP contribution >= 0.6 is 0 Å². The molecule has 2 aromatic carbocycles. The molecule has 0 amide bonds. The first kappa shape index (κ1) is 17.7. The molecule has 0 atom stereocenters. The maximum absolute atomic E-state index is 14.8. The number of nitrogens with one attached hydrogen (secondary N) is 1. The average molecular weight is 383 g/mol. The van der Waals surface area contributed by atoms with Crippen LogP contribution in [0.2, 0.25) is 0 Å². The van der Waals surface area contributed by atoms with Crippen LogP contribution in [0.25, 0.3) is 10.9 Å². The molecule has 1 aromatic heterocycles. The Balaban J connectivity index is 2.09. The van der Waals surface area contributed by atoms with Crippen LogP contribution in [-0.2, 0) is 0 Å². The average Bonchev–Trinajstić information content (AvgIpc) is 3.48. The Bertz CT molecular complexity index is 1190. The number of hydrogen-bond acceptors (Lipinski definition) is 5. The molecule has 0 bridgehead atoms. The zero-order valence-electron chi connectivity index (χ0n) is 14.4. The molecule has 3 aromatic rings. The third kappa shape index (κ3) is 2.86. The second kappa shape index (κ2) is 6.45. The van der Waals surface area contributed by atoms with Gasteiger partial charge in [-0.15, -0.1) is 0 Å². The first-order valence-electron chi connectivity index (χ1n) is 8.49. The SMILES string of the molecule is O=C(O)c1cn(C2CC2)c2c([N+](=O)[O-])c(Nc3ccccc3)c(F)cc2c1=O. The second-order valence-corrected chi connectivity index (χ2v) is 6.54. The summed E-state index contributed by atoms with van der Waals surface area (Å²) in [5, 5.41) is 23.6. The van der Waals surface area contributed by atoms with E-state index in [4.69, 9.17) is 0 Å². The van der Waals surface area contributed by atoms with Crippen LogP contribution in [0.1, 0.15) is 29.2 Å². The Morgan fingerprint density at radius 2 is 1.96 bits per heavy atom. The van der Waals surface area contributed by atoms with Gasteiger partial charge in [0.2, 0.25) is 5.43 Å². The van der Waals surface area contributed by atoms with Crippen molar-refractivity contribution in [1.29, 1.82) is 0 Å². The normalized spacial score (nSPS) is 13.5. The quantitative estimate of drug-likeness (QED) is 0.511. The van der Waals surface area contributed by atoms with E-state index >= 15 is 0 Å². The minimum atomic E-state index is -1.46. The molecule has 0 saturated heterocycles. The van der Waals surface area contributed by atoms with Gasteiger partial charge in [0.25, 0.3) is 0 Å². The lowest BCUT2D eigenvalue weighted by molar-refractivity contribution is -0.382. The maximum atomic E-state index is 14.8. The monoisotopic (exact) mass is 383 g/mol. The topological polar surface area (TPSA) is 114 Å². The lowest BCUT2D eigenvalue weighted by Gasteiger charge is -2.15. The fourth-order valence-electron chi connectivity index (χ4n) is 3.22. The highest BCUT2D eigenvalue weighted by molar-refractivity contribution is 5.99. The van der Waals surface area contributed by atoms with E-state index in [-0.39, 0.29) is 22.6 Å². The van der Waals surface area contributed by atoms with Gasteiger partial charge in [0, 0.05) is 17.9 Å². The molecular weight excluding hydrogens is 369 g/mol. The number of halogens is 1. The minimum Gasteiger partial charge on any atom is -0.477 e. The van der Waals surface area contributed by atoms with Gasteiger partial charge >= 0.3 is 11.7 Å². The Kier molecular flexibility index (Phi) is 4.07. The number of para-hydroxylation sites is 1. The number of benzene rings is 2. The van der Waals surface area contributed by atoms with Crippen LogP contribution in [0.5, 0.6) is 0 Å². The van der Waals surface area contributed by atoms with Gasteiger partial charge in [-0.1, -0.05) is 18.2 Å².